The van der Waals surface area contributed by atoms with Crippen molar-refractivity contribution in [1.29, 1.82) is 0 Å². The van der Waals surface area contributed by atoms with Crippen molar-refractivity contribution < 1.29 is 4.79 Å². The average Bonchev–Trinajstić information content (AvgIpc) is 3.60. The maximum atomic E-state index is 12.4. The van der Waals surface area contributed by atoms with Crippen LogP contribution >= 0.6 is 0 Å². The number of carbonyl (C=O) groups is 1. The number of aryl methyl sites for hydroxylation is 2. The second-order valence-corrected chi connectivity index (χ2v) is 8.07. The van der Waals surface area contributed by atoms with E-state index in [-0.39, 0.29) is 5.91 Å². The molecule has 0 saturated heterocycles. The predicted octanol–water partition coefficient (Wildman–Crippen LogP) is 4.94. The molecule has 2 heterocycles. The average molecular weight is 409 g/mol. The molecule has 2 N–H and O–H groups in total. The van der Waals surface area contributed by atoms with Gasteiger partial charge in [-0.25, -0.2) is 9.97 Å². The van der Waals surface area contributed by atoms with Crippen molar-refractivity contribution in [3.05, 3.63) is 77.7 Å². The fraction of sp³-hybridized carbons (Fsp3) is 0.200. The van der Waals surface area contributed by atoms with Crippen LogP contribution < -0.4 is 10.6 Å². The first-order valence-electron chi connectivity index (χ1n) is 10.4. The molecular weight excluding hydrogens is 386 g/mol. The molecule has 1 amide bonds. The number of hydrogen-bond acceptors (Lipinski definition) is 5. The Morgan fingerprint density at radius 1 is 0.968 bits per heavy atom. The predicted molar refractivity (Wildman–Crippen MR) is 122 cm³/mol. The Hall–Kier alpha value is -3.80. The second kappa shape index (κ2) is 7.80. The number of nitrogens with one attached hydrogen (secondary N) is 2. The Bertz CT molecular complexity index is 1280. The van der Waals surface area contributed by atoms with Crippen molar-refractivity contribution >= 4 is 28.4 Å². The van der Waals surface area contributed by atoms with Crippen molar-refractivity contribution in [3.8, 4) is 11.1 Å². The number of pyridine rings is 1. The fourth-order valence-corrected chi connectivity index (χ4v) is 3.56. The third-order valence-corrected chi connectivity index (χ3v) is 5.41. The smallest absolute Gasteiger partial charge is 0.251 e. The lowest BCUT2D eigenvalue weighted by molar-refractivity contribution is 0.0951. The summed E-state index contributed by atoms with van der Waals surface area (Å²) in [5.74, 6) is 0.527. The summed E-state index contributed by atoms with van der Waals surface area (Å²) in [6, 6.07) is 16.2. The fourth-order valence-electron chi connectivity index (χ4n) is 3.56. The Balaban J connectivity index is 1.44. The number of amides is 1. The Morgan fingerprint density at radius 2 is 1.84 bits per heavy atom. The van der Waals surface area contributed by atoms with E-state index in [4.69, 9.17) is 4.98 Å². The van der Waals surface area contributed by atoms with Crippen LogP contribution in [-0.4, -0.2) is 26.9 Å². The highest BCUT2D eigenvalue weighted by Gasteiger charge is 2.23. The molecule has 154 valence electrons. The lowest BCUT2D eigenvalue weighted by atomic mass is 9.99. The van der Waals surface area contributed by atoms with E-state index in [9.17, 15) is 4.79 Å². The molecule has 1 saturated carbocycles. The third-order valence-electron chi connectivity index (χ3n) is 5.41. The first kappa shape index (κ1) is 19.2. The van der Waals surface area contributed by atoms with E-state index in [0.29, 0.717) is 17.6 Å². The molecule has 0 atom stereocenters. The summed E-state index contributed by atoms with van der Waals surface area (Å²) in [5.41, 5.74) is 6.48. The zero-order valence-electron chi connectivity index (χ0n) is 17.5. The number of carbonyl (C=O) groups excluding carboxylic acids is 1. The molecule has 5 rings (SSSR count). The summed E-state index contributed by atoms with van der Waals surface area (Å²) in [6.07, 6.45) is 5.75. The Kier molecular flexibility index (Phi) is 4.82. The molecule has 6 heteroatoms. The van der Waals surface area contributed by atoms with Crippen LogP contribution in [0.5, 0.6) is 0 Å². The maximum Gasteiger partial charge on any atom is 0.251 e. The van der Waals surface area contributed by atoms with Crippen LogP contribution in [0, 0.1) is 13.8 Å². The maximum absolute atomic E-state index is 12.4. The summed E-state index contributed by atoms with van der Waals surface area (Å²) in [6.45, 7) is 3.99. The first-order valence-corrected chi connectivity index (χ1v) is 10.4. The number of nitrogens with zero attached hydrogens (tertiary/aromatic N) is 3. The second-order valence-electron chi connectivity index (χ2n) is 8.07. The van der Waals surface area contributed by atoms with Gasteiger partial charge in [0, 0.05) is 28.9 Å². The molecule has 6 nitrogen and oxygen atoms in total. The van der Waals surface area contributed by atoms with Crippen LogP contribution in [0.2, 0.25) is 0 Å². The van der Waals surface area contributed by atoms with Crippen molar-refractivity contribution in [3.63, 3.8) is 0 Å². The lowest BCUT2D eigenvalue weighted by Gasteiger charge is -2.11. The van der Waals surface area contributed by atoms with Crippen LogP contribution in [0.1, 0.15) is 34.5 Å². The van der Waals surface area contributed by atoms with E-state index in [0.717, 1.165) is 51.8 Å². The summed E-state index contributed by atoms with van der Waals surface area (Å²) >= 11 is 0. The SMILES string of the molecule is Cc1ccc(Nc2ncc3cc(-c4cccc(C(=O)NC5CC5)c4)cc(C)c3n2)cn1. The molecular formula is C25H23N5O. The van der Waals surface area contributed by atoms with E-state index in [1.54, 1.807) is 6.20 Å². The number of benzene rings is 2. The molecule has 1 aliphatic rings. The van der Waals surface area contributed by atoms with Gasteiger partial charge in [-0.3, -0.25) is 9.78 Å². The van der Waals surface area contributed by atoms with Gasteiger partial charge in [0.2, 0.25) is 5.95 Å². The van der Waals surface area contributed by atoms with Crippen molar-refractivity contribution in [2.45, 2.75) is 32.7 Å². The third kappa shape index (κ3) is 4.23. The van der Waals surface area contributed by atoms with E-state index in [1.807, 2.05) is 56.4 Å². The molecule has 0 spiro atoms. The highest BCUT2D eigenvalue weighted by Crippen LogP contribution is 2.28. The van der Waals surface area contributed by atoms with Crippen LogP contribution in [0.15, 0.2) is 60.9 Å². The van der Waals surface area contributed by atoms with Gasteiger partial charge in [-0.15, -0.1) is 0 Å². The molecule has 31 heavy (non-hydrogen) atoms. The zero-order chi connectivity index (χ0) is 21.4. The molecule has 0 bridgehead atoms. The molecule has 0 radical (unpaired) electrons. The van der Waals surface area contributed by atoms with E-state index in [2.05, 4.69) is 32.7 Å². The molecule has 4 aromatic rings. The normalized spacial score (nSPS) is 13.2. The minimum absolute atomic E-state index is 0.00786. The molecule has 2 aromatic carbocycles. The summed E-state index contributed by atoms with van der Waals surface area (Å²) in [7, 11) is 0. The molecule has 0 aliphatic heterocycles. The number of hydrogen-bond donors (Lipinski definition) is 2. The van der Waals surface area contributed by atoms with Crippen LogP contribution in [-0.2, 0) is 0 Å². The van der Waals surface area contributed by atoms with Crippen molar-refractivity contribution in [1.82, 2.24) is 20.3 Å². The van der Waals surface area contributed by atoms with Crippen LogP contribution in [0.3, 0.4) is 0 Å². The summed E-state index contributed by atoms with van der Waals surface area (Å²) in [5, 5.41) is 7.21. The van der Waals surface area contributed by atoms with E-state index < -0.39 is 0 Å². The van der Waals surface area contributed by atoms with Crippen LogP contribution in [0.25, 0.3) is 22.0 Å². The van der Waals surface area contributed by atoms with Gasteiger partial charge in [0.1, 0.15) is 0 Å². The number of anilines is 2. The molecule has 2 aromatic heterocycles. The van der Waals surface area contributed by atoms with Gasteiger partial charge >= 0.3 is 0 Å². The highest BCUT2D eigenvalue weighted by molar-refractivity contribution is 5.96. The summed E-state index contributed by atoms with van der Waals surface area (Å²) < 4.78 is 0. The zero-order valence-corrected chi connectivity index (χ0v) is 17.5. The minimum atomic E-state index is -0.00786. The molecule has 1 fully saturated rings. The highest BCUT2D eigenvalue weighted by atomic mass is 16.1. The van der Waals surface area contributed by atoms with Crippen molar-refractivity contribution in [2.24, 2.45) is 0 Å². The van der Waals surface area contributed by atoms with E-state index >= 15 is 0 Å². The summed E-state index contributed by atoms with van der Waals surface area (Å²) in [4.78, 5) is 25.9. The Labute approximate surface area is 180 Å². The van der Waals surface area contributed by atoms with Gasteiger partial charge in [0.05, 0.1) is 17.4 Å². The standard InChI is InChI=1S/C25H23N5O/c1-15-10-19(17-4-3-5-18(11-17)24(31)28-21-8-9-21)12-20-13-27-25(30-23(15)20)29-22-7-6-16(2)26-14-22/h3-7,10-14,21H,8-9H2,1-2H3,(H,28,31)(H,27,29,30). The number of aromatic nitrogens is 3. The van der Waals surface area contributed by atoms with Gasteiger partial charge in [0.15, 0.2) is 0 Å². The minimum Gasteiger partial charge on any atom is -0.349 e. The van der Waals surface area contributed by atoms with Gasteiger partial charge < -0.3 is 10.6 Å². The van der Waals surface area contributed by atoms with E-state index in [1.165, 1.54) is 0 Å². The van der Waals surface area contributed by atoms with Crippen LogP contribution in [0.4, 0.5) is 11.6 Å². The monoisotopic (exact) mass is 409 g/mol. The van der Waals surface area contributed by atoms with Crippen molar-refractivity contribution in [2.75, 3.05) is 5.32 Å². The quantitative estimate of drug-likeness (QED) is 0.488. The lowest BCUT2D eigenvalue weighted by Crippen LogP contribution is -2.25. The number of rotatable bonds is 5. The van der Waals surface area contributed by atoms with Gasteiger partial charge in [0.25, 0.3) is 5.91 Å². The van der Waals surface area contributed by atoms with Gasteiger partial charge in [-0.05, 0) is 79.8 Å². The topological polar surface area (TPSA) is 79.8 Å². The molecule has 0 unspecified atom stereocenters. The largest absolute Gasteiger partial charge is 0.349 e. The van der Waals surface area contributed by atoms with Gasteiger partial charge in [-0.2, -0.15) is 0 Å². The molecule has 1 aliphatic carbocycles. The first-order chi connectivity index (χ1) is 15.0. The Morgan fingerprint density at radius 3 is 2.61 bits per heavy atom. The van der Waals surface area contributed by atoms with Gasteiger partial charge in [-0.1, -0.05) is 12.1 Å². The number of fused-ring (bicyclic) bond motifs is 1.